The third-order valence-corrected chi connectivity index (χ3v) is 4.82. The van der Waals surface area contributed by atoms with Crippen molar-refractivity contribution in [3.05, 3.63) is 64.0 Å². The Morgan fingerprint density at radius 3 is 2.63 bits per heavy atom. The molecule has 6 nitrogen and oxygen atoms in total. The van der Waals surface area contributed by atoms with Gasteiger partial charge >= 0.3 is 5.97 Å². The first-order valence-corrected chi connectivity index (χ1v) is 9.22. The fraction of sp³-hybridized carbons (Fsp3) is 0.105. The summed E-state index contributed by atoms with van der Waals surface area (Å²) < 4.78 is 5.10. The van der Waals surface area contributed by atoms with Crippen LogP contribution in [0.2, 0.25) is 5.02 Å². The highest BCUT2D eigenvalue weighted by Gasteiger charge is 2.22. The van der Waals surface area contributed by atoms with Crippen LogP contribution in [0, 0.1) is 0 Å². The first-order chi connectivity index (χ1) is 13.0. The second-order valence-electron chi connectivity index (χ2n) is 5.40. The number of esters is 1. The molecule has 0 aliphatic heterocycles. The largest absolute Gasteiger partial charge is 0.506 e. The predicted octanol–water partition coefficient (Wildman–Crippen LogP) is 4.60. The van der Waals surface area contributed by atoms with Crippen LogP contribution < -0.4 is 5.32 Å². The van der Waals surface area contributed by atoms with E-state index in [1.807, 2.05) is 30.3 Å². The molecule has 0 bridgehead atoms. The molecule has 8 heteroatoms. The molecule has 1 amide bonds. The molecule has 0 saturated carbocycles. The molecule has 0 radical (unpaired) electrons. The highest BCUT2D eigenvalue weighted by Crippen LogP contribution is 2.32. The van der Waals surface area contributed by atoms with Gasteiger partial charge in [0.25, 0.3) is 5.91 Å². The third-order valence-electron chi connectivity index (χ3n) is 3.57. The highest BCUT2D eigenvalue weighted by atomic mass is 35.5. The number of hydrogen-bond acceptors (Lipinski definition) is 6. The molecular weight excluding hydrogens is 388 g/mol. The quantitative estimate of drug-likeness (QED) is 0.609. The maximum absolute atomic E-state index is 12.4. The summed E-state index contributed by atoms with van der Waals surface area (Å²) in [5.41, 5.74) is 1.44. The van der Waals surface area contributed by atoms with E-state index in [4.69, 9.17) is 16.3 Å². The van der Waals surface area contributed by atoms with Gasteiger partial charge in [-0.25, -0.2) is 9.78 Å². The number of thiazole rings is 1. The lowest BCUT2D eigenvalue weighted by molar-refractivity contribution is 0.0532. The molecule has 2 aromatic carbocycles. The smallest absolute Gasteiger partial charge is 0.350 e. The van der Waals surface area contributed by atoms with Gasteiger partial charge in [-0.3, -0.25) is 10.1 Å². The average molecular weight is 403 g/mol. The number of benzene rings is 2. The summed E-state index contributed by atoms with van der Waals surface area (Å²) in [5, 5.41) is 12.4. The van der Waals surface area contributed by atoms with Crippen molar-refractivity contribution in [3.8, 4) is 17.0 Å². The predicted molar refractivity (Wildman–Crippen MR) is 105 cm³/mol. The number of halogens is 1. The molecule has 1 aromatic heterocycles. The number of aromatic hydroxyl groups is 1. The van der Waals surface area contributed by atoms with Gasteiger partial charge in [-0.15, -0.1) is 0 Å². The minimum atomic E-state index is -0.498. The van der Waals surface area contributed by atoms with Crippen molar-refractivity contribution in [1.82, 2.24) is 4.98 Å². The molecule has 3 aromatic rings. The van der Waals surface area contributed by atoms with Crippen molar-refractivity contribution < 1.29 is 19.4 Å². The fourth-order valence-electron chi connectivity index (χ4n) is 2.32. The first-order valence-electron chi connectivity index (χ1n) is 8.02. The zero-order chi connectivity index (χ0) is 19.4. The summed E-state index contributed by atoms with van der Waals surface area (Å²) in [5.74, 6) is -1.07. The van der Waals surface area contributed by atoms with Crippen LogP contribution in [0.3, 0.4) is 0 Å². The SMILES string of the molecule is CCOC(=O)c1sc(NC(=O)c2ccc(O)c(Cl)c2)nc1-c1ccccc1. The topological polar surface area (TPSA) is 88.5 Å². The summed E-state index contributed by atoms with van der Waals surface area (Å²) in [6, 6.07) is 13.3. The van der Waals surface area contributed by atoms with Crippen LogP contribution in [0.5, 0.6) is 5.75 Å². The van der Waals surface area contributed by atoms with Crippen LogP contribution in [0.15, 0.2) is 48.5 Å². The van der Waals surface area contributed by atoms with Crippen molar-refractivity contribution in [2.75, 3.05) is 11.9 Å². The minimum absolute atomic E-state index is 0.0685. The van der Waals surface area contributed by atoms with E-state index in [-0.39, 0.29) is 28.1 Å². The average Bonchev–Trinajstić information content (AvgIpc) is 3.09. The van der Waals surface area contributed by atoms with Gasteiger partial charge in [-0.2, -0.15) is 0 Å². The number of aromatic nitrogens is 1. The number of rotatable bonds is 5. The first kappa shape index (κ1) is 18.9. The van der Waals surface area contributed by atoms with Gasteiger partial charge < -0.3 is 9.84 Å². The molecule has 1 heterocycles. The maximum atomic E-state index is 12.4. The Kier molecular flexibility index (Phi) is 5.73. The van der Waals surface area contributed by atoms with E-state index in [2.05, 4.69) is 10.3 Å². The van der Waals surface area contributed by atoms with Crippen molar-refractivity contribution in [2.45, 2.75) is 6.92 Å². The fourth-order valence-corrected chi connectivity index (χ4v) is 3.37. The lowest BCUT2D eigenvalue weighted by Gasteiger charge is -2.03. The minimum Gasteiger partial charge on any atom is -0.506 e. The molecule has 27 heavy (non-hydrogen) atoms. The Morgan fingerprint density at radius 2 is 1.96 bits per heavy atom. The number of phenolic OH excluding ortho intramolecular Hbond substituents is 1. The van der Waals surface area contributed by atoms with Crippen molar-refractivity contribution >= 4 is 39.9 Å². The Bertz CT molecular complexity index is 989. The van der Waals surface area contributed by atoms with E-state index in [1.54, 1.807) is 6.92 Å². The number of nitrogens with one attached hydrogen (secondary N) is 1. The molecule has 0 saturated heterocycles. The normalized spacial score (nSPS) is 10.4. The van der Waals surface area contributed by atoms with Gasteiger partial charge in [-0.1, -0.05) is 53.3 Å². The number of hydrogen-bond donors (Lipinski definition) is 2. The molecular formula is C19H15ClN2O4S. The molecule has 0 unspecified atom stereocenters. The number of carbonyl (C=O) groups excluding carboxylic acids is 2. The van der Waals surface area contributed by atoms with Gasteiger partial charge in [0.1, 0.15) is 10.6 Å². The zero-order valence-corrected chi connectivity index (χ0v) is 15.8. The van der Waals surface area contributed by atoms with Gasteiger partial charge in [0.15, 0.2) is 5.13 Å². The van der Waals surface area contributed by atoms with Crippen LogP contribution in [0.4, 0.5) is 5.13 Å². The van der Waals surface area contributed by atoms with Crippen molar-refractivity contribution in [3.63, 3.8) is 0 Å². The molecule has 0 spiro atoms. The Labute approximate surface area is 164 Å². The van der Waals surface area contributed by atoms with E-state index in [0.29, 0.717) is 10.6 Å². The van der Waals surface area contributed by atoms with Gasteiger partial charge in [0.2, 0.25) is 0 Å². The van der Waals surface area contributed by atoms with Crippen LogP contribution in [0.25, 0.3) is 11.3 Å². The summed E-state index contributed by atoms with van der Waals surface area (Å²) in [4.78, 5) is 29.4. The number of carbonyl (C=O) groups is 2. The van der Waals surface area contributed by atoms with Crippen molar-refractivity contribution in [1.29, 1.82) is 0 Å². The number of anilines is 1. The monoisotopic (exact) mass is 402 g/mol. The lowest BCUT2D eigenvalue weighted by atomic mass is 10.1. The second kappa shape index (κ2) is 8.20. The summed E-state index contributed by atoms with van der Waals surface area (Å²) >= 11 is 6.88. The van der Waals surface area contributed by atoms with E-state index >= 15 is 0 Å². The maximum Gasteiger partial charge on any atom is 0.350 e. The van der Waals surface area contributed by atoms with Gasteiger partial charge in [0.05, 0.1) is 17.3 Å². The number of ether oxygens (including phenoxy) is 1. The molecule has 138 valence electrons. The molecule has 0 aliphatic carbocycles. The second-order valence-corrected chi connectivity index (χ2v) is 6.81. The molecule has 2 N–H and O–H groups in total. The van der Waals surface area contributed by atoms with Crippen LogP contribution >= 0.6 is 22.9 Å². The van der Waals surface area contributed by atoms with Crippen molar-refractivity contribution in [2.24, 2.45) is 0 Å². The summed E-state index contributed by atoms with van der Waals surface area (Å²) in [6.07, 6.45) is 0. The molecule has 0 atom stereocenters. The Balaban J connectivity index is 1.92. The number of nitrogens with zero attached hydrogens (tertiary/aromatic N) is 1. The van der Waals surface area contributed by atoms with Crippen LogP contribution in [0.1, 0.15) is 27.0 Å². The zero-order valence-electron chi connectivity index (χ0n) is 14.2. The van der Waals surface area contributed by atoms with Gasteiger partial charge in [0, 0.05) is 11.1 Å². The van der Waals surface area contributed by atoms with Gasteiger partial charge in [-0.05, 0) is 25.1 Å². The Morgan fingerprint density at radius 1 is 1.22 bits per heavy atom. The van der Waals surface area contributed by atoms with E-state index in [9.17, 15) is 14.7 Å². The summed E-state index contributed by atoms with van der Waals surface area (Å²) in [6.45, 7) is 1.96. The molecule has 0 aliphatic rings. The van der Waals surface area contributed by atoms with Crippen LogP contribution in [-0.4, -0.2) is 28.6 Å². The lowest BCUT2D eigenvalue weighted by Crippen LogP contribution is -2.11. The number of amides is 1. The highest BCUT2D eigenvalue weighted by molar-refractivity contribution is 7.18. The van der Waals surface area contributed by atoms with E-state index in [1.165, 1.54) is 18.2 Å². The Hall–Kier alpha value is -2.90. The number of phenols is 1. The van der Waals surface area contributed by atoms with E-state index in [0.717, 1.165) is 16.9 Å². The van der Waals surface area contributed by atoms with E-state index < -0.39 is 11.9 Å². The summed E-state index contributed by atoms with van der Waals surface area (Å²) in [7, 11) is 0. The molecule has 0 fully saturated rings. The van der Waals surface area contributed by atoms with Crippen LogP contribution in [-0.2, 0) is 4.74 Å². The third kappa shape index (κ3) is 4.27. The standard InChI is InChI=1S/C19H15ClN2O4S/c1-2-26-18(25)16-15(11-6-4-3-5-7-11)21-19(27-16)22-17(24)12-8-9-14(23)13(20)10-12/h3-10,23H,2H2,1H3,(H,21,22,24). The molecule has 3 rings (SSSR count).